The predicted molar refractivity (Wildman–Crippen MR) is 132 cm³/mol. The molecule has 0 amide bonds. The lowest BCUT2D eigenvalue weighted by Gasteiger charge is -2.25. The van der Waals surface area contributed by atoms with Crippen molar-refractivity contribution >= 4 is 6.79 Å². The minimum absolute atomic E-state index is 0.0116. The molecule has 1 N–H and O–H groups in total. The van der Waals surface area contributed by atoms with Gasteiger partial charge in [-0.15, -0.1) is 6.58 Å². The summed E-state index contributed by atoms with van der Waals surface area (Å²) >= 11 is 0. The summed E-state index contributed by atoms with van der Waals surface area (Å²) in [6.45, 7) is 18.8. The van der Waals surface area contributed by atoms with Gasteiger partial charge in [0.05, 0.1) is 0 Å². The first-order valence-electron chi connectivity index (χ1n) is 11.0. The van der Waals surface area contributed by atoms with Gasteiger partial charge in [0.25, 0.3) is 0 Å². The third-order valence-electron chi connectivity index (χ3n) is 4.78. The van der Waals surface area contributed by atoms with Crippen molar-refractivity contribution in [3.05, 3.63) is 77.6 Å². The van der Waals surface area contributed by atoms with Crippen LogP contribution in [0.25, 0.3) is 0 Å². The molecule has 0 radical (unpaired) electrons. The Labute approximate surface area is 189 Å². The van der Waals surface area contributed by atoms with Crippen molar-refractivity contribution in [3.8, 4) is 5.75 Å². The van der Waals surface area contributed by atoms with Crippen LogP contribution < -0.4 is 10.1 Å². The molecule has 0 bridgehead atoms. The molecular formula is C27H42FNO2. The van der Waals surface area contributed by atoms with Gasteiger partial charge in [0.2, 0.25) is 0 Å². The zero-order chi connectivity index (χ0) is 24.2. The molecule has 2 unspecified atom stereocenters. The number of halogens is 1. The normalized spacial score (nSPS) is 11.2. The highest BCUT2D eigenvalue weighted by Crippen LogP contribution is 2.29. The fourth-order valence-corrected chi connectivity index (χ4v) is 2.91. The number of ether oxygens (including phenoxy) is 1. The molecule has 0 heterocycles. The number of hydrogen-bond acceptors (Lipinski definition) is 3. The molecule has 0 fully saturated rings. The minimum Gasteiger partial charge on any atom is -0.486 e. The van der Waals surface area contributed by atoms with Crippen LogP contribution in [0.3, 0.4) is 0 Å². The Kier molecular flexibility index (Phi) is 19.3. The highest BCUT2D eigenvalue weighted by Gasteiger charge is 2.20. The van der Waals surface area contributed by atoms with Crippen LogP contribution in [0.5, 0.6) is 5.75 Å². The van der Waals surface area contributed by atoms with Crippen molar-refractivity contribution in [1.29, 1.82) is 0 Å². The maximum Gasteiger partial charge on any atom is 0.165 e. The second-order valence-corrected chi connectivity index (χ2v) is 6.71. The number of carbonyl (C=O) groups is 1. The van der Waals surface area contributed by atoms with Crippen LogP contribution in [0.1, 0.15) is 57.2 Å². The number of hydrogen-bond donors (Lipinski definition) is 1. The Morgan fingerprint density at radius 3 is 2.06 bits per heavy atom. The Morgan fingerprint density at radius 1 is 1.03 bits per heavy atom. The van der Waals surface area contributed by atoms with E-state index in [1.54, 1.807) is 6.07 Å². The molecule has 0 aliphatic carbocycles. The van der Waals surface area contributed by atoms with Gasteiger partial charge in [-0.25, -0.2) is 4.39 Å². The van der Waals surface area contributed by atoms with Crippen LogP contribution in [0.4, 0.5) is 4.39 Å². The molecule has 2 aromatic carbocycles. The van der Waals surface area contributed by atoms with Crippen molar-refractivity contribution < 1.29 is 13.9 Å². The van der Waals surface area contributed by atoms with E-state index in [9.17, 15) is 4.39 Å². The topological polar surface area (TPSA) is 38.3 Å². The van der Waals surface area contributed by atoms with Gasteiger partial charge in [0.15, 0.2) is 11.6 Å². The summed E-state index contributed by atoms with van der Waals surface area (Å²) in [6.07, 6.45) is 3.69. The number of carbonyl (C=O) groups excluding carboxylic acids is 1. The number of nitrogens with one attached hydrogen (secondary N) is 1. The molecule has 0 saturated carbocycles. The lowest BCUT2D eigenvalue weighted by atomic mass is 9.97. The van der Waals surface area contributed by atoms with Gasteiger partial charge in [-0.05, 0) is 56.5 Å². The van der Waals surface area contributed by atoms with Gasteiger partial charge < -0.3 is 14.8 Å². The van der Waals surface area contributed by atoms with Crippen LogP contribution in [0.2, 0.25) is 0 Å². The lowest BCUT2D eigenvalue weighted by molar-refractivity contribution is -0.0979. The van der Waals surface area contributed by atoms with Crippen LogP contribution in [0, 0.1) is 25.6 Å². The third-order valence-corrected chi connectivity index (χ3v) is 4.78. The fraction of sp³-hybridized carbons (Fsp3) is 0.444. The molecule has 0 aliphatic rings. The molecule has 0 aromatic heterocycles. The molecule has 31 heavy (non-hydrogen) atoms. The largest absolute Gasteiger partial charge is 0.486 e. The predicted octanol–water partition coefficient (Wildman–Crippen LogP) is 7.06. The third kappa shape index (κ3) is 11.5. The molecule has 174 valence electrons. The zero-order valence-electron chi connectivity index (χ0n) is 20.5. The Bertz CT molecular complexity index is 704. The minimum atomic E-state index is -0.282. The summed E-state index contributed by atoms with van der Waals surface area (Å²) in [6, 6.07) is 13.6. The Morgan fingerprint density at radius 2 is 1.61 bits per heavy atom. The van der Waals surface area contributed by atoms with Gasteiger partial charge >= 0.3 is 0 Å². The number of aryl methyl sites for hydroxylation is 1. The molecular weight excluding hydrogens is 389 g/mol. The van der Waals surface area contributed by atoms with Crippen molar-refractivity contribution in [1.82, 2.24) is 5.32 Å². The maximum atomic E-state index is 13.8. The Balaban J connectivity index is 0. The standard InChI is InChI=1S/C16H23FO.C8H11N.C2H6.CH2O/c1-6-13(7-2)15(8-3)18-16-12(5)11(4)9-10-14(16)17;1-9-7-8-5-3-2-4-6-8;2*1-2/h6,9-10,13,15H,1,7-8H2,2-5H3;2-6,9H,7H2,1H3;1-2H3;1H2. The lowest BCUT2D eigenvalue weighted by Crippen LogP contribution is -2.25. The molecule has 0 saturated heterocycles. The van der Waals surface area contributed by atoms with E-state index in [-0.39, 0.29) is 17.8 Å². The molecule has 2 aromatic rings. The summed E-state index contributed by atoms with van der Waals surface area (Å²) in [5, 5.41) is 3.08. The van der Waals surface area contributed by atoms with E-state index in [0.717, 1.165) is 30.5 Å². The highest BCUT2D eigenvalue weighted by molar-refractivity contribution is 5.39. The smallest absolute Gasteiger partial charge is 0.165 e. The van der Waals surface area contributed by atoms with E-state index in [1.807, 2.05) is 65.8 Å². The molecule has 3 nitrogen and oxygen atoms in total. The van der Waals surface area contributed by atoms with Gasteiger partial charge in [-0.3, -0.25) is 0 Å². The Hall–Kier alpha value is -2.46. The molecule has 4 heteroatoms. The van der Waals surface area contributed by atoms with Gasteiger partial charge in [0.1, 0.15) is 12.9 Å². The average Bonchev–Trinajstić information content (AvgIpc) is 2.82. The van der Waals surface area contributed by atoms with E-state index < -0.39 is 0 Å². The zero-order valence-corrected chi connectivity index (χ0v) is 20.5. The summed E-state index contributed by atoms with van der Waals surface area (Å²) in [5.41, 5.74) is 3.26. The summed E-state index contributed by atoms with van der Waals surface area (Å²) in [7, 11) is 1.95. The first-order chi connectivity index (χ1) is 15.0. The van der Waals surface area contributed by atoms with Gasteiger partial charge in [-0.2, -0.15) is 0 Å². The molecule has 2 rings (SSSR count). The van der Waals surface area contributed by atoms with Gasteiger partial charge in [-0.1, -0.05) is 70.2 Å². The molecule has 2 atom stereocenters. The molecule has 0 aliphatic heterocycles. The highest BCUT2D eigenvalue weighted by atomic mass is 19.1. The summed E-state index contributed by atoms with van der Waals surface area (Å²) in [4.78, 5) is 8.00. The van der Waals surface area contributed by atoms with Crippen LogP contribution in [0.15, 0.2) is 55.1 Å². The second kappa shape index (κ2) is 19.5. The van der Waals surface area contributed by atoms with Crippen LogP contribution in [-0.4, -0.2) is 19.9 Å². The van der Waals surface area contributed by atoms with Crippen molar-refractivity contribution in [3.63, 3.8) is 0 Å². The molecule has 0 spiro atoms. The van der Waals surface area contributed by atoms with Crippen molar-refractivity contribution in [2.75, 3.05) is 7.05 Å². The maximum absolute atomic E-state index is 13.8. The van der Waals surface area contributed by atoms with E-state index in [0.29, 0.717) is 5.75 Å². The quantitative estimate of drug-likeness (QED) is 0.455. The van der Waals surface area contributed by atoms with Gasteiger partial charge in [0, 0.05) is 12.5 Å². The van der Waals surface area contributed by atoms with Crippen LogP contribution >= 0.6 is 0 Å². The first kappa shape index (κ1) is 30.7. The van der Waals surface area contributed by atoms with Crippen molar-refractivity contribution in [2.45, 2.75) is 67.0 Å². The fourth-order valence-electron chi connectivity index (χ4n) is 2.91. The van der Waals surface area contributed by atoms with E-state index >= 15 is 0 Å². The first-order valence-corrected chi connectivity index (χ1v) is 11.0. The monoisotopic (exact) mass is 431 g/mol. The van der Waals surface area contributed by atoms with E-state index in [2.05, 4.69) is 37.9 Å². The van der Waals surface area contributed by atoms with E-state index in [4.69, 9.17) is 9.53 Å². The second-order valence-electron chi connectivity index (χ2n) is 6.71. The van der Waals surface area contributed by atoms with E-state index in [1.165, 1.54) is 11.6 Å². The SMILES string of the molecule is C=CC(CC)C(CC)Oc1c(F)ccc(C)c1C.C=O.CC.CNCc1ccccc1. The van der Waals surface area contributed by atoms with Crippen LogP contribution in [-0.2, 0) is 11.3 Å². The summed E-state index contributed by atoms with van der Waals surface area (Å²) < 4.78 is 19.8. The number of rotatable bonds is 8. The van der Waals surface area contributed by atoms with Crippen molar-refractivity contribution in [2.24, 2.45) is 5.92 Å². The summed E-state index contributed by atoms with van der Waals surface area (Å²) in [5.74, 6) is 0.368. The number of benzene rings is 2. The average molecular weight is 432 g/mol.